The van der Waals surface area contributed by atoms with Crippen molar-refractivity contribution in [2.24, 2.45) is 0 Å². The van der Waals surface area contributed by atoms with Gasteiger partial charge in [-0.1, -0.05) is 19.1 Å². The number of ether oxygens (including phenoxy) is 2. The molecule has 1 amide bonds. The average Bonchev–Trinajstić information content (AvgIpc) is 2.87. The molecular formula is C26H30N4O3. The lowest BCUT2D eigenvalue weighted by Crippen LogP contribution is -2.45. The summed E-state index contributed by atoms with van der Waals surface area (Å²) in [5, 5.41) is 0. The number of pyridine rings is 2. The smallest absolute Gasteiger partial charge is 0.263 e. The molecule has 1 aliphatic heterocycles. The molecule has 7 nitrogen and oxygen atoms in total. The van der Waals surface area contributed by atoms with Gasteiger partial charge in [0.1, 0.15) is 17.3 Å². The zero-order valence-corrected chi connectivity index (χ0v) is 19.1. The van der Waals surface area contributed by atoms with Gasteiger partial charge in [0.15, 0.2) is 6.10 Å². The molecule has 4 rings (SSSR count). The normalized spacial score (nSPS) is 15.2. The van der Waals surface area contributed by atoms with E-state index in [1.165, 1.54) is 0 Å². The largest absolute Gasteiger partial charge is 0.497 e. The number of likely N-dealkylation sites (tertiary alicyclic amines) is 1. The molecule has 33 heavy (non-hydrogen) atoms. The monoisotopic (exact) mass is 446 g/mol. The van der Waals surface area contributed by atoms with E-state index in [-0.39, 0.29) is 5.91 Å². The molecule has 1 fully saturated rings. The summed E-state index contributed by atoms with van der Waals surface area (Å²) in [5.41, 5.74) is 8.74. The van der Waals surface area contributed by atoms with Crippen LogP contribution in [0.5, 0.6) is 11.5 Å². The van der Waals surface area contributed by atoms with Crippen molar-refractivity contribution in [2.75, 3.05) is 25.9 Å². The standard InChI is InChI=1S/C26H30N4O3/c1-3-24(33-22-6-4-5-21(15-22)32-2)26(31)30-13-11-18(12-14-30)23-9-7-19(16-28-23)20-8-10-25(27)29-17-20/h4-10,15-18,24H,3,11-14H2,1-2H3,(H2,27,29). The number of hydrogen-bond donors (Lipinski definition) is 1. The van der Waals surface area contributed by atoms with E-state index in [2.05, 4.69) is 17.1 Å². The second-order valence-corrected chi connectivity index (χ2v) is 8.24. The summed E-state index contributed by atoms with van der Waals surface area (Å²) >= 11 is 0. The molecule has 2 N–H and O–H groups in total. The highest BCUT2D eigenvalue weighted by molar-refractivity contribution is 5.81. The number of anilines is 1. The van der Waals surface area contributed by atoms with Gasteiger partial charge in [0.25, 0.3) is 5.91 Å². The number of rotatable bonds is 7. The first-order chi connectivity index (χ1) is 16.1. The lowest BCUT2D eigenvalue weighted by Gasteiger charge is -2.34. The minimum absolute atomic E-state index is 0.0397. The number of nitrogens with zero attached hydrogens (tertiary/aromatic N) is 3. The first-order valence-corrected chi connectivity index (χ1v) is 11.3. The van der Waals surface area contributed by atoms with Gasteiger partial charge in [-0.05, 0) is 49.6 Å². The Morgan fingerprint density at radius 1 is 1.06 bits per heavy atom. The Labute approximate surface area is 194 Å². The number of methoxy groups -OCH3 is 1. The number of amides is 1. The second kappa shape index (κ2) is 10.3. The summed E-state index contributed by atoms with van der Waals surface area (Å²) in [5.74, 6) is 2.24. The van der Waals surface area contributed by atoms with Gasteiger partial charge in [-0.15, -0.1) is 0 Å². The maximum atomic E-state index is 13.1. The van der Waals surface area contributed by atoms with E-state index in [1.807, 2.05) is 42.3 Å². The summed E-state index contributed by atoms with van der Waals surface area (Å²) in [4.78, 5) is 23.9. The zero-order valence-electron chi connectivity index (χ0n) is 19.1. The van der Waals surface area contributed by atoms with Crippen molar-refractivity contribution in [3.05, 3.63) is 66.6 Å². The number of nitrogen functional groups attached to an aromatic ring is 1. The van der Waals surface area contributed by atoms with Crippen molar-refractivity contribution in [3.63, 3.8) is 0 Å². The van der Waals surface area contributed by atoms with Crippen LogP contribution in [0.2, 0.25) is 0 Å². The van der Waals surface area contributed by atoms with Crippen LogP contribution in [0.3, 0.4) is 0 Å². The highest BCUT2D eigenvalue weighted by atomic mass is 16.5. The zero-order chi connectivity index (χ0) is 23.2. The molecule has 2 aromatic heterocycles. The lowest BCUT2D eigenvalue weighted by atomic mass is 9.92. The van der Waals surface area contributed by atoms with Gasteiger partial charge in [0, 0.05) is 54.3 Å². The fraction of sp³-hybridized carbons (Fsp3) is 0.346. The lowest BCUT2D eigenvalue weighted by molar-refractivity contribution is -0.140. The Morgan fingerprint density at radius 2 is 1.76 bits per heavy atom. The summed E-state index contributed by atoms with van der Waals surface area (Å²) in [6, 6.07) is 15.3. The van der Waals surface area contributed by atoms with E-state index < -0.39 is 6.10 Å². The van der Waals surface area contributed by atoms with Gasteiger partial charge in [-0.25, -0.2) is 4.98 Å². The Morgan fingerprint density at radius 3 is 2.36 bits per heavy atom. The van der Waals surface area contributed by atoms with Crippen LogP contribution in [-0.4, -0.2) is 47.1 Å². The van der Waals surface area contributed by atoms with Crippen LogP contribution in [0.25, 0.3) is 11.1 Å². The molecule has 0 spiro atoms. The SMILES string of the molecule is CCC(Oc1cccc(OC)c1)C(=O)N1CCC(c2ccc(-c3ccc(N)nc3)cn2)CC1. The van der Waals surface area contributed by atoms with Crippen molar-refractivity contribution in [3.8, 4) is 22.6 Å². The minimum Gasteiger partial charge on any atom is -0.497 e. The quantitative estimate of drug-likeness (QED) is 0.582. The van der Waals surface area contributed by atoms with Gasteiger partial charge < -0.3 is 20.1 Å². The molecule has 7 heteroatoms. The van der Waals surface area contributed by atoms with Gasteiger partial charge in [-0.2, -0.15) is 0 Å². The highest BCUT2D eigenvalue weighted by Gasteiger charge is 2.29. The Hall–Kier alpha value is -3.61. The predicted octanol–water partition coefficient (Wildman–Crippen LogP) is 4.30. The number of aromatic nitrogens is 2. The first kappa shape index (κ1) is 22.6. The van der Waals surface area contributed by atoms with Gasteiger partial charge in [0.2, 0.25) is 0 Å². The molecular weight excluding hydrogens is 416 g/mol. The van der Waals surface area contributed by atoms with E-state index in [4.69, 9.17) is 20.2 Å². The molecule has 1 aliphatic rings. The van der Waals surface area contributed by atoms with Crippen molar-refractivity contribution in [2.45, 2.75) is 38.2 Å². The maximum Gasteiger partial charge on any atom is 0.263 e. The topological polar surface area (TPSA) is 90.6 Å². The summed E-state index contributed by atoms with van der Waals surface area (Å²) < 4.78 is 11.2. The van der Waals surface area contributed by atoms with Crippen LogP contribution >= 0.6 is 0 Å². The Balaban J connectivity index is 1.34. The van der Waals surface area contributed by atoms with E-state index in [0.717, 1.165) is 29.7 Å². The van der Waals surface area contributed by atoms with Gasteiger partial charge in [0.05, 0.1) is 7.11 Å². The number of piperidine rings is 1. The Kier molecular flexibility index (Phi) is 7.07. The van der Waals surface area contributed by atoms with E-state index in [1.54, 1.807) is 25.4 Å². The third kappa shape index (κ3) is 5.42. The van der Waals surface area contributed by atoms with E-state index in [9.17, 15) is 4.79 Å². The highest BCUT2D eigenvalue weighted by Crippen LogP contribution is 2.29. The number of nitrogens with two attached hydrogens (primary N) is 1. The van der Waals surface area contributed by atoms with Gasteiger partial charge in [-0.3, -0.25) is 9.78 Å². The first-order valence-electron chi connectivity index (χ1n) is 11.3. The number of hydrogen-bond acceptors (Lipinski definition) is 6. The molecule has 1 aromatic carbocycles. The molecule has 0 saturated carbocycles. The average molecular weight is 447 g/mol. The molecule has 0 bridgehead atoms. The third-order valence-electron chi connectivity index (χ3n) is 6.10. The molecule has 0 radical (unpaired) electrons. The Bertz CT molecular complexity index is 1060. The van der Waals surface area contributed by atoms with Crippen molar-refractivity contribution >= 4 is 11.7 Å². The predicted molar refractivity (Wildman–Crippen MR) is 128 cm³/mol. The second-order valence-electron chi connectivity index (χ2n) is 8.24. The van der Waals surface area contributed by atoms with E-state index in [0.29, 0.717) is 42.7 Å². The van der Waals surface area contributed by atoms with Crippen LogP contribution < -0.4 is 15.2 Å². The molecule has 1 atom stereocenters. The molecule has 172 valence electrons. The fourth-order valence-electron chi connectivity index (χ4n) is 4.14. The third-order valence-corrected chi connectivity index (χ3v) is 6.10. The maximum absolute atomic E-state index is 13.1. The number of carbonyl (C=O) groups excluding carboxylic acids is 1. The summed E-state index contributed by atoms with van der Waals surface area (Å²) in [6.07, 6.45) is 5.52. The number of benzene rings is 1. The molecule has 3 heterocycles. The number of carbonyl (C=O) groups is 1. The van der Waals surface area contributed by atoms with Crippen molar-refractivity contribution in [1.29, 1.82) is 0 Å². The van der Waals surface area contributed by atoms with Crippen molar-refractivity contribution in [1.82, 2.24) is 14.9 Å². The van der Waals surface area contributed by atoms with Crippen LogP contribution in [0, 0.1) is 0 Å². The van der Waals surface area contributed by atoms with Crippen molar-refractivity contribution < 1.29 is 14.3 Å². The van der Waals surface area contributed by atoms with Crippen LogP contribution in [0.15, 0.2) is 60.9 Å². The summed E-state index contributed by atoms with van der Waals surface area (Å²) in [6.45, 7) is 3.37. The minimum atomic E-state index is -0.500. The summed E-state index contributed by atoms with van der Waals surface area (Å²) in [7, 11) is 1.61. The van der Waals surface area contributed by atoms with Gasteiger partial charge >= 0.3 is 0 Å². The molecule has 3 aromatic rings. The van der Waals surface area contributed by atoms with Crippen LogP contribution in [-0.2, 0) is 4.79 Å². The van der Waals surface area contributed by atoms with Crippen LogP contribution in [0.1, 0.15) is 37.8 Å². The molecule has 1 unspecified atom stereocenters. The van der Waals surface area contributed by atoms with E-state index >= 15 is 0 Å². The molecule has 0 aliphatic carbocycles. The molecule has 1 saturated heterocycles. The van der Waals surface area contributed by atoms with Crippen LogP contribution in [0.4, 0.5) is 5.82 Å². The fourth-order valence-corrected chi connectivity index (χ4v) is 4.14.